The zero-order valence-electron chi connectivity index (χ0n) is 18.2. The molecule has 1 N–H and O–H groups in total. The van der Waals surface area contributed by atoms with Crippen molar-refractivity contribution in [3.8, 4) is 23.0 Å². The predicted molar refractivity (Wildman–Crippen MR) is 126 cm³/mol. The van der Waals surface area contributed by atoms with Gasteiger partial charge in [-0.15, -0.1) is 0 Å². The van der Waals surface area contributed by atoms with Gasteiger partial charge in [0.25, 0.3) is 5.91 Å². The number of carbonyl (C=O) groups is 1. The molecule has 3 aromatic rings. The lowest BCUT2D eigenvalue weighted by atomic mass is 9.92. The number of fused-ring (bicyclic) bond motifs is 1. The van der Waals surface area contributed by atoms with Crippen LogP contribution in [0.5, 0.6) is 23.0 Å². The third-order valence-corrected chi connectivity index (χ3v) is 5.73. The minimum atomic E-state index is -0.699. The van der Waals surface area contributed by atoms with Crippen molar-refractivity contribution < 1.29 is 19.0 Å². The summed E-state index contributed by atoms with van der Waals surface area (Å²) in [5.74, 6) is 1.98. The molecule has 166 valence electrons. The summed E-state index contributed by atoms with van der Waals surface area (Å²) in [4.78, 5) is 12.9. The van der Waals surface area contributed by atoms with E-state index in [-0.39, 0.29) is 5.91 Å². The van der Waals surface area contributed by atoms with E-state index < -0.39 is 6.10 Å². The van der Waals surface area contributed by atoms with E-state index in [9.17, 15) is 4.79 Å². The van der Waals surface area contributed by atoms with Gasteiger partial charge in [-0.2, -0.15) is 0 Å². The van der Waals surface area contributed by atoms with Crippen LogP contribution in [0.1, 0.15) is 30.9 Å². The normalized spacial score (nSPS) is 13.6. The van der Waals surface area contributed by atoms with Crippen molar-refractivity contribution in [2.75, 3.05) is 12.4 Å². The van der Waals surface area contributed by atoms with Crippen LogP contribution in [-0.4, -0.2) is 19.1 Å². The molecule has 0 saturated heterocycles. The predicted octanol–water partition coefficient (Wildman–Crippen LogP) is 6.43. The lowest BCUT2D eigenvalue weighted by Crippen LogP contribution is -2.30. The largest absolute Gasteiger partial charge is 0.493 e. The Morgan fingerprint density at radius 3 is 2.47 bits per heavy atom. The first kappa shape index (κ1) is 22.0. The molecule has 5 nitrogen and oxygen atoms in total. The Morgan fingerprint density at radius 2 is 1.69 bits per heavy atom. The van der Waals surface area contributed by atoms with Gasteiger partial charge >= 0.3 is 0 Å². The van der Waals surface area contributed by atoms with E-state index in [1.165, 1.54) is 24.0 Å². The van der Waals surface area contributed by atoms with Crippen molar-refractivity contribution >= 4 is 23.2 Å². The Kier molecular flexibility index (Phi) is 6.86. The fraction of sp³-hybridized carbons (Fsp3) is 0.269. The molecule has 0 fully saturated rings. The zero-order valence-corrected chi connectivity index (χ0v) is 18.9. The van der Waals surface area contributed by atoms with Gasteiger partial charge in [-0.1, -0.05) is 29.8 Å². The van der Waals surface area contributed by atoms with Crippen molar-refractivity contribution in [2.24, 2.45) is 0 Å². The lowest BCUT2D eigenvalue weighted by Gasteiger charge is -2.20. The third-order valence-electron chi connectivity index (χ3n) is 5.49. The highest BCUT2D eigenvalue weighted by atomic mass is 35.5. The molecule has 32 heavy (non-hydrogen) atoms. The Balaban J connectivity index is 1.48. The van der Waals surface area contributed by atoms with Gasteiger partial charge in [0.15, 0.2) is 23.4 Å². The Bertz CT molecular complexity index is 1110. The minimum Gasteiger partial charge on any atom is -0.493 e. The van der Waals surface area contributed by atoms with Gasteiger partial charge in [0.1, 0.15) is 5.75 Å². The quantitative estimate of drug-likeness (QED) is 0.450. The highest BCUT2D eigenvalue weighted by molar-refractivity contribution is 6.31. The summed E-state index contributed by atoms with van der Waals surface area (Å²) in [6, 6.07) is 18.4. The van der Waals surface area contributed by atoms with E-state index in [4.69, 9.17) is 25.8 Å². The second kappa shape index (κ2) is 9.96. The van der Waals surface area contributed by atoms with Gasteiger partial charge in [-0.05, 0) is 86.2 Å². The summed E-state index contributed by atoms with van der Waals surface area (Å²) >= 11 is 6.18. The molecule has 0 saturated carbocycles. The summed E-state index contributed by atoms with van der Waals surface area (Å²) in [6.45, 7) is 1.72. The number of carbonyl (C=O) groups excluding carboxylic acids is 1. The van der Waals surface area contributed by atoms with Crippen molar-refractivity contribution in [1.29, 1.82) is 0 Å². The van der Waals surface area contributed by atoms with Crippen LogP contribution in [-0.2, 0) is 17.6 Å². The molecule has 0 bridgehead atoms. The molecule has 1 aliphatic rings. The molecule has 1 aliphatic carbocycles. The average Bonchev–Trinajstić information content (AvgIpc) is 2.81. The second-order valence-corrected chi connectivity index (χ2v) is 8.22. The van der Waals surface area contributed by atoms with Crippen LogP contribution >= 0.6 is 11.6 Å². The summed E-state index contributed by atoms with van der Waals surface area (Å²) < 4.78 is 17.3. The maximum atomic E-state index is 12.9. The van der Waals surface area contributed by atoms with Gasteiger partial charge < -0.3 is 19.5 Å². The average molecular weight is 452 g/mol. The number of rotatable bonds is 7. The van der Waals surface area contributed by atoms with Crippen molar-refractivity contribution in [3.63, 3.8) is 0 Å². The standard InChI is InChI=1S/C26H26ClNO4/c1-17(31-21-13-11-18-7-3-4-8-19(18)15-21)26(29)28-22-16-20(27)12-14-23(22)32-25-10-6-5-9-24(25)30-2/h5-6,9-17H,3-4,7-8H2,1-2H3,(H,28,29)/t17-/m0/s1. The molecule has 0 heterocycles. The number of aryl methyl sites for hydroxylation is 2. The second-order valence-electron chi connectivity index (χ2n) is 7.78. The maximum absolute atomic E-state index is 12.9. The summed E-state index contributed by atoms with van der Waals surface area (Å²) in [5, 5.41) is 3.36. The van der Waals surface area contributed by atoms with E-state index in [1.807, 2.05) is 24.3 Å². The number of hydrogen-bond acceptors (Lipinski definition) is 4. The van der Waals surface area contributed by atoms with Crippen molar-refractivity contribution in [3.05, 3.63) is 76.8 Å². The number of anilines is 1. The molecule has 1 atom stereocenters. The zero-order chi connectivity index (χ0) is 22.5. The van der Waals surface area contributed by atoms with Crippen molar-refractivity contribution in [1.82, 2.24) is 0 Å². The summed E-state index contributed by atoms with van der Waals surface area (Å²) in [7, 11) is 1.58. The fourth-order valence-corrected chi connectivity index (χ4v) is 3.96. The number of benzene rings is 3. The van der Waals surface area contributed by atoms with Crippen LogP contribution in [0.2, 0.25) is 5.02 Å². The van der Waals surface area contributed by atoms with Crippen LogP contribution in [0.15, 0.2) is 60.7 Å². The number of halogens is 1. The smallest absolute Gasteiger partial charge is 0.265 e. The van der Waals surface area contributed by atoms with Crippen LogP contribution in [0.3, 0.4) is 0 Å². The fourth-order valence-electron chi connectivity index (χ4n) is 3.79. The Morgan fingerprint density at radius 1 is 0.938 bits per heavy atom. The molecule has 0 aromatic heterocycles. The van der Waals surface area contributed by atoms with Crippen LogP contribution in [0.4, 0.5) is 5.69 Å². The number of nitrogens with one attached hydrogen (secondary N) is 1. The number of ether oxygens (including phenoxy) is 3. The van der Waals surface area contributed by atoms with Crippen molar-refractivity contribution in [2.45, 2.75) is 38.7 Å². The molecule has 0 aliphatic heterocycles. The molecule has 0 unspecified atom stereocenters. The first-order valence-corrected chi connectivity index (χ1v) is 11.1. The number of hydrogen-bond donors (Lipinski definition) is 1. The van der Waals surface area contributed by atoms with E-state index in [0.29, 0.717) is 33.7 Å². The molecular weight excluding hydrogens is 426 g/mol. The van der Waals surface area contributed by atoms with Crippen LogP contribution in [0.25, 0.3) is 0 Å². The third kappa shape index (κ3) is 5.17. The first-order valence-electron chi connectivity index (χ1n) is 10.7. The van der Waals surface area contributed by atoms with Gasteiger partial charge in [0.05, 0.1) is 12.8 Å². The molecule has 1 amide bonds. The molecular formula is C26H26ClNO4. The van der Waals surface area contributed by atoms with E-state index in [0.717, 1.165) is 12.8 Å². The maximum Gasteiger partial charge on any atom is 0.265 e. The minimum absolute atomic E-state index is 0.296. The number of para-hydroxylation sites is 2. The molecule has 0 radical (unpaired) electrons. The van der Waals surface area contributed by atoms with Crippen LogP contribution in [0, 0.1) is 0 Å². The topological polar surface area (TPSA) is 56.8 Å². The monoisotopic (exact) mass is 451 g/mol. The van der Waals surface area contributed by atoms with E-state index in [1.54, 1.807) is 44.4 Å². The Labute approximate surface area is 193 Å². The number of amides is 1. The summed E-state index contributed by atoms with van der Waals surface area (Å²) in [6.07, 6.45) is 3.88. The van der Waals surface area contributed by atoms with Gasteiger partial charge in [0.2, 0.25) is 0 Å². The lowest BCUT2D eigenvalue weighted by molar-refractivity contribution is -0.122. The molecule has 6 heteroatoms. The number of methoxy groups -OCH3 is 1. The van der Waals surface area contributed by atoms with Gasteiger partial charge in [-0.3, -0.25) is 4.79 Å². The highest BCUT2D eigenvalue weighted by Crippen LogP contribution is 2.36. The highest BCUT2D eigenvalue weighted by Gasteiger charge is 2.19. The molecule has 4 rings (SSSR count). The summed E-state index contributed by atoms with van der Waals surface area (Å²) in [5.41, 5.74) is 3.13. The molecule has 3 aromatic carbocycles. The SMILES string of the molecule is COc1ccccc1Oc1ccc(Cl)cc1NC(=O)[C@H](C)Oc1ccc2c(c1)CCCC2. The van der Waals surface area contributed by atoms with Gasteiger partial charge in [0, 0.05) is 5.02 Å². The van der Waals surface area contributed by atoms with Crippen LogP contribution < -0.4 is 19.5 Å². The van der Waals surface area contributed by atoms with E-state index in [2.05, 4.69) is 11.4 Å². The molecule has 0 spiro atoms. The van der Waals surface area contributed by atoms with E-state index >= 15 is 0 Å². The van der Waals surface area contributed by atoms with Gasteiger partial charge in [-0.25, -0.2) is 0 Å². The first-order chi connectivity index (χ1) is 15.5. The Hall–Kier alpha value is -3.18.